The van der Waals surface area contributed by atoms with Gasteiger partial charge in [-0.3, -0.25) is 0 Å². The van der Waals surface area contributed by atoms with Gasteiger partial charge < -0.3 is 10.1 Å². The van der Waals surface area contributed by atoms with Crippen molar-refractivity contribution in [2.75, 3.05) is 6.54 Å². The number of nitrogens with one attached hydrogen (secondary N) is 1. The number of benzene rings is 1. The summed E-state index contributed by atoms with van der Waals surface area (Å²) in [5.41, 5.74) is 0. The molecule has 1 amide bonds. The van der Waals surface area contributed by atoms with E-state index in [2.05, 4.69) is 10.1 Å². The van der Waals surface area contributed by atoms with E-state index in [9.17, 15) is 4.79 Å². The standard InChI is InChI=1S/C6H6.C4H7NO2/c1-2-4-6-5-3-1;1-3-2-5-4(6)7-3/h1-6H;3H,2H2,1H3,(H,5,6)/t;3-/m.1/s1. The lowest BCUT2D eigenvalue weighted by Crippen LogP contribution is -2.12. The highest BCUT2D eigenvalue weighted by Gasteiger charge is 2.16. The van der Waals surface area contributed by atoms with Gasteiger partial charge in [0, 0.05) is 0 Å². The Hall–Kier alpha value is -1.51. The van der Waals surface area contributed by atoms with Crippen LogP contribution >= 0.6 is 0 Å². The second-order valence-electron chi connectivity index (χ2n) is 2.75. The smallest absolute Gasteiger partial charge is 0.407 e. The normalized spacial score (nSPS) is 19.5. The van der Waals surface area contributed by atoms with Gasteiger partial charge in [0.2, 0.25) is 0 Å². The molecule has 1 heterocycles. The fourth-order valence-corrected chi connectivity index (χ4v) is 0.878. The van der Waals surface area contributed by atoms with Crippen molar-refractivity contribution >= 4 is 6.09 Å². The van der Waals surface area contributed by atoms with Crippen LogP contribution in [0, 0.1) is 0 Å². The molecule has 0 saturated carbocycles. The number of carbonyl (C=O) groups is 1. The maximum absolute atomic E-state index is 10.1. The Morgan fingerprint density at radius 1 is 1.23 bits per heavy atom. The first kappa shape index (κ1) is 9.58. The van der Waals surface area contributed by atoms with E-state index in [0.29, 0.717) is 6.54 Å². The summed E-state index contributed by atoms with van der Waals surface area (Å²) in [6.45, 7) is 2.50. The summed E-state index contributed by atoms with van der Waals surface area (Å²) in [6.07, 6.45) is -0.236. The summed E-state index contributed by atoms with van der Waals surface area (Å²) in [4.78, 5) is 10.1. The molecule has 2 rings (SSSR count). The first-order valence-corrected chi connectivity index (χ1v) is 4.23. The first-order valence-electron chi connectivity index (χ1n) is 4.23. The van der Waals surface area contributed by atoms with Crippen LogP contribution < -0.4 is 5.32 Å². The summed E-state index contributed by atoms with van der Waals surface area (Å²) in [7, 11) is 0. The van der Waals surface area contributed by atoms with E-state index in [0.717, 1.165) is 0 Å². The molecule has 1 N–H and O–H groups in total. The second kappa shape index (κ2) is 5.19. The number of hydrogen-bond donors (Lipinski definition) is 1. The van der Waals surface area contributed by atoms with E-state index in [-0.39, 0.29) is 12.2 Å². The summed E-state index contributed by atoms with van der Waals surface area (Å²) in [5.74, 6) is 0. The van der Waals surface area contributed by atoms with Gasteiger partial charge in [0.15, 0.2) is 0 Å². The van der Waals surface area contributed by atoms with Gasteiger partial charge in [0.25, 0.3) is 0 Å². The second-order valence-corrected chi connectivity index (χ2v) is 2.75. The molecule has 3 nitrogen and oxygen atoms in total. The Morgan fingerprint density at radius 2 is 1.69 bits per heavy atom. The fourth-order valence-electron chi connectivity index (χ4n) is 0.878. The highest BCUT2D eigenvalue weighted by molar-refractivity contribution is 5.69. The van der Waals surface area contributed by atoms with Gasteiger partial charge in [-0.15, -0.1) is 0 Å². The Morgan fingerprint density at radius 3 is 1.85 bits per heavy atom. The van der Waals surface area contributed by atoms with Crippen LogP contribution in [0.3, 0.4) is 0 Å². The first-order chi connectivity index (χ1) is 6.29. The molecule has 13 heavy (non-hydrogen) atoms. The molecule has 1 saturated heterocycles. The zero-order valence-corrected chi connectivity index (χ0v) is 7.57. The third kappa shape index (κ3) is 4.15. The van der Waals surface area contributed by atoms with Crippen molar-refractivity contribution in [2.45, 2.75) is 13.0 Å². The van der Waals surface area contributed by atoms with Crippen LogP contribution in [0.1, 0.15) is 6.92 Å². The van der Waals surface area contributed by atoms with Crippen LogP contribution in [-0.4, -0.2) is 18.7 Å². The fraction of sp³-hybridized carbons (Fsp3) is 0.300. The van der Waals surface area contributed by atoms with Crippen LogP contribution in [0.5, 0.6) is 0 Å². The van der Waals surface area contributed by atoms with Crippen molar-refractivity contribution in [1.29, 1.82) is 0 Å². The van der Waals surface area contributed by atoms with Crippen molar-refractivity contribution in [3.05, 3.63) is 36.4 Å². The minimum absolute atomic E-state index is 0.0625. The highest BCUT2D eigenvalue weighted by atomic mass is 16.6. The molecule has 0 unspecified atom stereocenters. The van der Waals surface area contributed by atoms with Crippen LogP contribution in [0.15, 0.2) is 36.4 Å². The Kier molecular flexibility index (Phi) is 3.82. The molecular formula is C10H13NO2. The lowest BCUT2D eigenvalue weighted by atomic mass is 10.4. The van der Waals surface area contributed by atoms with Crippen molar-refractivity contribution in [3.8, 4) is 0 Å². The monoisotopic (exact) mass is 179 g/mol. The molecule has 0 aromatic heterocycles. The minimum Gasteiger partial charge on any atom is -0.445 e. The van der Waals surface area contributed by atoms with Crippen LogP contribution in [0.2, 0.25) is 0 Å². The summed E-state index contributed by atoms with van der Waals surface area (Å²) < 4.78 is 4.61. The molecular weight excluding hydrogens is 166 g/mol. The maximum atomic E-state index is 10.1. The van der Waals surface area contributed by atoms with Gasteiger partial charge in [-0.2, -0.15) is 0 Å². The number of carbonyl (C=O) groups excluding carboxylic acids is 1. The maximum Gasteiger partial charge on any atom is 0.407 e. The molecule has 0 aliphatic carbocycles. The molecule has 1 atom stereocenters. The molecule has 1 aliphatic heterocycles. The Bertz CT molecular complexity index is 222. The number of hydrogen-bond acceptors (Lipinski definition) is 2. The lowest BCUT2D eigenvalue weighted by molar-refractivity contribution is 0.148. The van der Waals surface area contributed by atoms with E-state index in [1.807, 2.05) is 43.3 Å². The lowest BCUT2D eigenvalue weighted by Gasteiger charge is -1.92. The molecule has 1 aromatic rings. The third-order valence-electron chi connectivity index (χ3n) is 1.51. The Labute approximate surface area is 77.7 Å². The quantitative estimate of drug-likeness (QED) is 0.659. The zero-order valence-electron chi connectivity index (χ0n) is 7.57. The Balaban J connectivity index is 0.000000132. The average Bonchev–Trinajstić information content (AvgIpc) is 2.54. The molecule has 0 radical (unpaired) electrons. The van der Waals surface area contributed by atoms with Crippen molar-refractivity contribution in [1.82, 2.24) is 5.32 Å². The molecule has 70 valence electrons. The number of rotatable bonds is 0. The third-order valence-corrected chi connectivity index (χ3v) is 1.51. The van der Waals surface area contributed by atoms with Gasteiger partial charge >= 0.3 is 6.09 Å². The van der Waals surface area contributed by atoms with Gasteiger partial charge in [0.1, 0.15) is 6.10 Å². The minimum atomic E-state index is -0.299. The van der Waals surface area contributed by atoms with Crippen molar-refractivity contribution in [3.63, 3.8) is 0 Å². The number of ether oxygens (including phenoxy) is 1. The molecule has 1 aliphatic rings. The van der Waals surface area contributed by atoms with Gasteiger partial charge in [-0.05, 0) is 6.92 Å². The van der Waals surface area contributed by atoms with Crippen molar-refractivity contribution < 1.29 is 9.53 Å². The van der Waals surface area contributed by atoms with E-state index in [1.165, 1.54) is 0 Å². The molecule has 1 aromatic carbocycles. The van der Waals surface area contributed by atoms with Gasteiger partial charge in [0.05, 0.1) is 6.54 Å². The highest BCUT2D eigenvalue weighted by Crippen LogP contribution is 1.95. The largest absolute Gasteiger partial charge is 0.445 e. The summed E-state index contributed by atoms with van der Waals surface area (Å²) in [5, 5.41) is 2.51. The van der Waals surface area contributed by atoms with Crippen LogP contribution in [0.4, 0.5) is 4.79 Å². The van der Waals surface area contributed by atoms with Gasteiger partial charge in [-0.1, -0.05) is 36.4 Å². The molecule has 3 heteroatoms. The van der Waals surface area contributed by atoms with E-state index in [4.69, 9.17) is 0 Å². The SMILES string of the molecule is C[C@@H]1CNC(=O)O1.c1ccccc1. The predicted molar refractivity (Wildman–Crippen MR) is 50.4 cm³/mol. The number of cyclic esters (lactones) is 1. The van der Waals surface area contributed by atoms with E-state index >= 15 is 0 Å². The van der Waals surface area contributed by atoms with Gasteiger partial charge in [-0.25, -0.2) is 4.79 Å². The van der Waals surface area contributed by atoms with E-state index < -0.39 is 0 Å². The molecule has 1 fully saturated rings. The molecule has 0 bridgehead atoms. The zero-order chi connectivity index (χ0) is 9.52. The van der Waals surface area contributed by atoms with Crippen LogP contribution in [-0.2, 0) is 4.74 Å². The average molecular weight is 179 g/mol. The molecule has 0 spiro atoms. The van der Waals surface area contributed by atoms with E-state index in [1.54, 1.807) is 0 Å². The number of amides is 1. The summed E-state index contributed by atoms with van der Waals surface area (Å²) >= 11 is 0. The van der Waals surface area contributed by atoms with Crippen molar-refractivity contribution in [2.24, 2.45) is 0 Å². The predicted octanol–water partition coefficient (Wildman–Crippen LogP) is 1.80. The summed E-state index contributed by atoms with van der Waals surface area (Å²) in [6, 6.07) is 12.0. The van der Waals surface area contributed by atoms with Crippen LogP contribution in [0.25, 0.3) is 0 Å². The topological polar surface area (TPSA) is 38.3 Å². The number of alkyl carbamates (subject to hydrolysis) is 1.